The van der Waals surface area contributed by atoms with Gasteiger partial charge >= 0.3 is 0 Å². The van der Waals surface area contributed by atoms with E-state index in [1.807, 2.05) is 0 Å². The zero-order chi connectivity index (χ0) is 15.0. The van der Waals surface area contributed by atoms with Crippen molar-refractivity contribution in [2.45, 2.75) is 97.2 Å². The molecule has 1 saturated carbocycles. The summed E-state index contributed by atoms with van der Waals surface area (Å²) in [4.78, 5) is 2.88. The highest BCUT2D eigenvalue weighted by atomic mass is 15.2. The molecule has 0 aliphatic heterocycles. The molecule has 1 rings (SSSR count). The van der Waals surface area contributed by atoms with Crippen molar-refractivity contribution in [3.05, 3.63) is 0 Å². The van der Waals surface area contributed by atoms with E-state index < -0.39 is 0 Å². The molecule has 0 aromatic carbocycles. The first-order valence-corrected chi connectivity index (χ1v) is 9.06. The quantitative estimate of drug-likeness (QED) is 0.637. The van der Waals surface area contributed by atoms with Crippen LogP contribution in [0.2, 0.25) is 0 Å². The first-order valence-electron chi connectivity index (χ1n) is 9.06. The molecule has 0 bridgehead atoms. The lowest BCUT2D eigenvalue weighted by Gasteiger charge is -2.41. The van der Waals surface area contributed by atoms with Crippen molar-refractivity contribution in [2.75, 3.05) is 13.6 Å². The molecule has 2 atom stereocenters. The lowest BCUT2D eigenvalue weighted by molar-refractivity contribution is 0.0949. The zero-order valence-corrected chi connectivity index (χ0v) is 14.6. The minimum atomic E-state index is 0.665. The Morgan fingerprint density at radius 1 is 1.10 bits per heavy atom. The van der Waals surface area contributed by atoms with Crippen LogP contribution in [-0.2, 0) is 0 Å². The number of rotatable bonds is 10. The molecular formula is C18H38N2. The van der Waals surface area contributed by atoms with E-state index in [1.165, 1.54) is 57.9 Å². The molecule has 2 heteroatoms. The van der Waals surface area contributed by atoms with Crippen LogP contribution in [0.15, 0.2) is 0 Å². The van der Waals surface area contributed by atoms with Gasteiger partial charge in [0.05, 0.1) is 0 Å². The molecule has 120 valence electrons. The van der Waals surface area contributed by atoms with E-state index in [-0.39, 0.29) is 0 Å². The Morgan fingerprint density at radius 3 is 2.20 bits per heavy atom. The summed E-state index contributed by atoms with van der Waals surface area (Å²) in [6, 6.07) is 2.24. The largest absolute Gasteiger partial charge is 0.315 e. The molecular weight excluding hydrogens is 244 g/mol. The van der Waals surface area contributed by atoms with Gasteiger partial charge in [0, 0.05) is 18.1 Å². The van der Waals surface area contributed by atoms with Crippen LogP contribution in [0, 0.1) is 5.92 Å². The third kappa shape index (κ3) is 5.37. The van der Waals surface area contributed by atoms with Gasteiger partial charge < -0.3 is 5.32 Å². The summed E-state index contributed by atoms with van der Waals surface area (Å²) in [6.45, 7) is 10.7. The monoisotopic (exact) mass is 282 g/mol. The smallest absolute Gasteiger partial charge is 0.0249 e. The summed E-state index contributed by atoms with van der Waals surface area (Å²) in [7, 11) is 2.15. The molecule has 0 aromatic heterocycles. The lowest BCUT2D eigenvalue weighted by Crippen LogP contribution is -2.52. The van der Waals surface area contributed by atoms with Crippen LogP contribution < -0.4 is 5.32 Å². The van der Waals surface area contributed by atoms with Crippen molar-refractivity contribution in [1.82, 2.24) is 10.2 Å². The molecule has 2 unspecified atom stereocenters. The Balaban J connectivity index is 2.74. The van der Waals surface area contributed by atoms with Gasteiger partial charge in [0.2, 0.25) is 0 Å². The Kier molecular flexibility index (Phi) is 8.79. The molecule has 0 saturated heterocycles. The van der Waals surface area contributed by atoms with Crippen molar-refractivity contribution >= 4 is 0 Å². The number of hydrogen-bond acceptors (Lipinski definition) is 2. The summed E-state index contributed by atoms with van der Waals surface area (Å²) in [5, 5.41) is 3.60. The summed E-state index contributed by atoms with van der Waals surface area (Å²) < 4.78 is 0. The number of nitrogens with zero attached hydrogens (tertiary/aromatic N) is 1. The molecule has 20 heavy (non-hydrogen) atoms. The fraction of sp³-hybridized carbons (Fsp3) is 1.00. The normalized spacial score (nSPS) is 19.9. The van der Waals surface area contributed by atoms with Crippen LogP contribution in [0.4, 0.5) is 0 Å². The van der Waals surface area contributed by atoms with Gasteiger partial charge in [-0.3, -0.25) is 4.90 Å². The van der Waals surface area contributed by atoms with Crippen molar-refractivity contribution < 1.29 is 0 Å². The van der Waals surface area contributed by atoms with Crippen LogP contribution in [-0.4, -0.2) is 36.6 Å². The van der Waals surface area contributed by atoms with Crippen LogP contribution >= 0.6 is 0 Å². The van der Waals surface area contributed by atoms with E-state index in [0.717, 1.165) is 18.0 Å². The van der Waals surface area contributed by atoms with Crippen LogP contribution in [0.5, 0.6) is 0 Å². The van der Waals surface area contributed by atoms with Crippen LogP contribution in [0.3, 0.4) is 0 Å². The van der Waals surface area contributed by atoms with E-state index in [0.29, 0.717) is 6.04 Å². The van der Waals surface area contributed by atoms with Crippen LogP contribution in [0.25, 0.3) is 0 Å². The maximum Gasteiger partial charge on any atom is 0.0249 e. The molecule has 2 nitrogen and oxygen atoms in total. The van der Waals surface area contributed by atoms with Gasteiger partial charge in [-0.05, 0) is 51.6 Å². The Morgan fingerprint density at radius 2 is 1.75 bits per heavy atom. The molecule has 0 heterocycles. The van der Waals surface area contributed by atoms with Gasteiger partial charge in [0.25, 0.3) is 0 Å². The van der Waals surface area contributed by atoms with Crippen molar-refractivity contribution in [1.29, 1.82) is 0 Å². The lowest BCUT2D eigenvalue weighted by atomic mass is 9.96. The van der Waals surface area contributed by atoms with E-state index in [2.05, 4.69) is 45.0 Å². The number of hydrogen-bond donors (Lipinski definition) is 1. The van der Waals surface area contributed by atoms with Crippen LogP contribution in [0.1, 0.15) is 79.1 Å². The topological polar surface area (TPSA) is 15.3 Å². The third-order valence-corrected chi connectivity index (χ3v) is 5.04. The summed E-state index contributed by atoms with van der Waals surface area (Å²) >= 11 is 0. The predicted octanol–water partition coefficient (Wildman–Crippen LogP) is 4.44. The van der Waals surface area contributed by atoms with Gasteiger partial charge in [-0.25, -0.2) is 0 Å². The molecule has 1 N–H and O–H groups in total. The standard InChI is InChI=1S/C18H38N2/c1-6-10-17(19-5)18(7-2)20(14-13-15(3)4)16-11-8-9-12-16/h15-19H,6-14H2,1-5H3. The molecule has 1 aliphatic rings. The minimum absolute atomic E-state index is 0.665. The zero-order valence-electron chi connectivity index (χ0n) is 14.6. The second-order valence-corrected chi connectivity index (χ2v) is 7.02. The van der Waals surface area contributed by atoms with Crippen molar-refractivity contribution in [3.63, 3.8) is 0 Å². The fourth-order valence-corrected chi connectivity index (χ4v) is 3.85. The highest BCUT2D eigenvalue weighted by Crippen LogP contribution is 2.28. The summed E-state index contributed by atoms with van der Waals surface area (Å²) in [6.07, 6.45) is 10.9. The number of nitrogens with one attached hydrogen (secondary N) is 1. The highest BCUT2D eigenvalue weighted by Gasteiger charge is 2.31. The molecule has 0 radical (unpaired) electrons. The molecule has 0 amide bonds. The Labute approximate surface area is 127 Å². The molecule has 0 aromatic rings. The maximum atomic E-state index is 3.60. The van der Waals surface area contributed by atoms with Gasteiger partial charge in [-0.1, -0.05) is 47.0 Å². The SMILES string of the molecule is CCCC(NC)C(CC)N(CCC(C)C)C1CCCC1. The fourth-order valence-electron chi connectivity index (χ4n) is 3.85. The molecule has 0 spiro atoms. The second kappa shape index (κ2) is 9.78. The molecule has 1 fully saturated rings. The van der Waals surface area contributed by atoms with Crippen molar-refractivity contribution in [3.8, 4) is 0 Å². The van der Waals surface area contributed by atoms with Gasteiger partial charge in [-0.15, -0.1) is 0 Å². The average molecular weight is 283 g/mol. The van der Waals surface area contributed by atoms with Gasteiger partial charge in [0.15, 0.2) is 0 Å². The van der Waals surface area contributed by atoms with Gasteiger partial charge in [0.1, 0.15) is 0 Å². The first kappa shape index (κ1) is 18.0. The third-order valence-electron chi connectivity index (χ3n) is 5.04. The van der Waals surface area contributed by atoms with E-state index in [1.54, 1.807) is 0 Å². The average Bonchev–Trinajstić information content (AvgIpc) is 2.95. The Hall–Kier alpha value is -0.0800. The van der Waals surface area contributed by atoms with E-state index in [4.69, 9.17) is 0 Å². The first-order chi connectivity index (χ1) is 9.63. The Bertz CT molecular complexity index is 234. The van der Waals surface area contributed by atoms with Gasteiger partial charge in [-0.2, -0.15) is 0 Å². The highest BCUT2D eigenvalue weighted by molar-refractivity contribution is 4.89. The predicted molar refractivity (Wildman–Crippen MR) is 90.3 cm³/mol. The summed E-state index contributed by atoms with van der Waals surface area (Å²) in [5.74, 6) is 0.815. The minimum Gasteiger partial charge on any atom is -0.315 e. The van der Waals surface area contributed by atoms with E-state index in [9.17, 15) is 0 Å². The maximum absolute atomic E-state index is 3.60. The van der Waals surface area contributed by atoms with E-state index >= 15 is 0 Å². The number of likely N-dealkylation sites (N-methyl/N-ethyl adjacent to an activating group) is 1. The van der Waals surface area contributed by atoms with Crippen molar-refractivity contribution in [2.24, 2.45) is 5.92 Å². The second-order valence-electron chi connectivity index (χ2n) is 7.02. The molecule has 1 aliphatic carbocycles. The summed E-state index contributed by atoms with van der Waals surface area (Å²) in [5.41, 5.74) is 0.